The quantitative estimate of drug-likeness (QED) is 0.541. The maximum Gasteiger partial charge on any atom is 0.171 e. The Labute approximate surface area is 186 Å². The third kappa shape index (κ3) is 2.55. The summed E-state index contributed by atoms with van der Waals surface area (Å²) in [7, 11) is 0. The van der Waals surface area contributed by atoms with Crippen molar-refractivity contribution in [3.05, 3.63) is 11.6 Å². The number of fused-ring (bicyclic) bond motifs is 7. The standard InChI is InChI=1S/C27H38O4/c1-15-7-10-27(30-14-15)16(2)24-22(31-27)12-21-19-6-5-17-11-18(28)8-9-25(17,3)20(19)13-23(29)26(21,24)4/h11,15-16,19-22,24H,5-10,12-14H2,1-4H3. The van der Waals surface area contributed by atoms with Gasteiger partial charge in [0, 0.05) is 36.5 Å². The van der Waals surface area contributed by atoms with Gasteiger partial charge in [-0.1, -0.05) is 33.3 Å². The molecule has 4 aliphatic carbocycles. The van der Waals surface area contributed by atoms with E-state index < -0.39 is 5.79 Å². The van der Waals surface area contributed by atoms with Crippen LogP contribution in [0, 0.1) is 46.3 Å². The van der Waals surface area contributed by atoms with Gasteiger partial charge in [-0.05, 0) is 67.3 Å². The lowest BCUT2D eigenvalue weighted by atomic mass is 9.46. The molecule has 4 heteroatoms. The van der Waals surface area contributed by atoms with E-state index in [-0.39, 0.29) is 34.6 Å². The number of hydrogen-bond donors (Lipinski definition) is 0. The lowest BCUT2D eigenvalue weighted by Crippen LogP contribution is -2.56. The molecule has 10 atom stereocenters. The van der Waals surface area contributed by atoms with Crippen LogP contribution in [-0.4, -0.2) is 30.1 Å². The van der Waals surface area contributed by atoms with Gasteiger partial charge in [-0.15, -0.1) is 0 Å². The Morgan fingerprint density at radius 1 is 1.03 bits per heavy atom. The lowest BCUT2D eigenvalue weighted by Gasteiger charge is -2.57. The molecule has 0 aromatic rings. The van der Waals surface area contributed by atoms with E-state index in [9.17, 15) is 9.59 Å². The third-order valence-corrected chi connectivity index (χ3v) is 11.1. The molecule has 31 heavy (non-hydrogen) atoms. The Morgan fingerprint density at radius 3 is 2.58 bits per heavy atom. The molecule has 0 bridgehead atoms. The number of ether oxygens (including phenoxy) is 2. The van der Waals surface area contributed by atoms with Crippen molar-refractivity contribution in [2.45, 2.75) is 91.0 Å². The maximum absolute atomic E-state index is 14.0. The average molecular weight is 427 g/mol. The SMILES string of the molecule is CC1CCC2(OC1)OC1CC3C4CCC5=CC(=O)CCC5(C)C4CC(=O)C3(C)C1C2C. The zero-order chi connectivity index (χ0) is 21.8. The number of ketones is 2. The highest BCUT2D eigenvalue weighted by Crippen LogP contribution is 2.69. The van der Waals surface area contributed by atoms with Gasteiger partial charge < -0.3 is 9.47 Å². The summed E-state index contributed by atoms with van der Waals surface area (Å²) in [4.78, 5) is 26.0. The van der Waals surface area contributed by atoms with E-state index in [1.807, 2.05) is 6.08 Å². The predicted molar refractivity (Wildman–Crippen MR) is 117 cm³/mol. The van der Waals surface area contributed by atoms with Gasteiger partial charge in [-0.3, -0.25) is 9.59 Å². The molecule has 3 saturated carbocycles. The van der Waals surface area contributed by atoms with E-state index in [0.29, 0.717) is 42.3 Å². The minimum absolute atomic E-state index is 0.0296. The Balaban J connectivity index is 1.33. The molecule has 2 heterocycles. The molecule has 4 nitrogen and oxygen atoms in total. The summed E-state index contributed by atoms with van der Waals surface area (Å²) >= 11 is 0. The summed E-state index contributed by atoms with van der Waals surface area (Å²) in [6.45, 7) is 9.95. The molecule has 0 amide bonds. The topological polar surface area (TPSA) is 52.6 Å². The van der Waals surface area contributed by atoms with E-state index in [4.69, 9.17) is 9.47 Å². The van der Waals surface area contributed by atoms with Crippen molar-refractivity contribution in [1.29, 1.82) is 0 Å². The van der Waals surface area contributed by atoms with Crippen LogP contribution in [-0.2, 0) is 19.1 Å². The monoisotopic (exact) mass is 426 g/mol. The number of carbonyl (C=O) groups excluding carboxylic acids is 2. The highest BCUT2D eigenvalue weighted by molar-refractivity contribution is 5.92. The Morgan fingerprint density at radius 2 is 1.84 bits per heavy atom. The smallest absolute Gasteiger partial charge is 0.171 e. The van der Waals surface area contributed by atoms with Crippen molar-refractivity contribution >= 4 is 11.6 Å². The predicted octanol–water partition coefficient (Wildman–Crippen LogP) is 5.10. The Kier molecular flexibility index (Phi) is 4.34. The van der Waals surface area contributed by atoms with Gasteiger partial charge in [-0.25, -0.2) is 0 Å². The van der Waals surface area contributed by atoms with Crippen LogP contribution < -0.4 is 0 Å². The van der Waals surface area contributed by atoms with Crippen molar-refractivity contribution in [1.82, 2.24) is 0 Å². The summed E-state index contributed by atoms with van der Waals surface area (Å²) in [6, 6.07) is 0. The maximum atomic E-state index is 14.0. The van der Waals surface area contributed by atoms with Crippen LogP contribution in [0.25, 0.3) is 0 Å². The molecule has 10 unspecified atom stereocenters. The first-order valence-corrected chi connectivity index (χ1v) is 12.8. The normalized spacial score (nSPS) is 56.0. The van der Waals surface area contributed by atoms with Gasteiger partial charge in [0.25, 0.3) is 0 Å². The second-order valence-corrected chi connectivity index (χ2v) is 12.4. The van der Waals surface area contributed by atoms with Crippen molar-refractivity contribution in [3.63, 3.8) is 0 Å². The van der Waals surface area contributed by atoms with Gasteiger partial charge >= 0.3 is 0 Å². The first kappa shape index (κ1) is 20.6. The fraction of sp³-hybridized carbons (Fsp3) is 0.852. The summed E-state index contributed by atoms with van der Waals surface area (Å²) < 4.78 is 13.2. The molecular weight excluding hydrogens is 388 g/mol. The molecule has 5 fully saturated rings. The van der Waals surface area contributed by atoms with E-state index in [1.54, 1.807) is 0 Å². The number of rotatable bonds is 0. The van der Waals surface area contributed by atoms with Crippen molar-refractivity contribution in [3.8, 4) is 0 Å². The van der Waals surface area contributed by atoms with Crippen LogP contribution in [0.3, 0.4) is 0 Å². The molecule has 2 saturated heterocycles. The largest absolute Gasteiger partial charge is 0.349 e. The number of allylic oxidation sites excluding steroid dienone is 1. The van der Waals surface area contributed by atoms with E-state index in [1.165, 1.54) is 5.57 Å². The van der Waals surface area contributed by atoms with Gasteiger partial charge in [0.2, 0.25) is 0 Å². The molecule has 0 N–H and O–H groups in total. The van der Waals surface area contributed by atoms with Gasteiger partial charge in [0.1, 0.15) is 5.78 Å². The second kappa shape index (κ2) is 6.53. The summed E-state index contributed by atoms with van der Waals surface area (Å²) in [5.74, 6) is 2.78. The molecule has 6 rings (SSSR count). The minimum Gasteiger partial charge on any atom is -0.349 e. The summed E-state index contributed by atoms with van der Waals surface area (Å²) in [5, 5.41) is 0. The molecule has 170 valence electrons. The second-order valence-electron chi connectivity index (χ2n) is 12.4. The van der Waals surface area contributed by atoms with Crippen LogP contribution in [0.2, 0.25) is 0 Å². The highest BCUT2D eigenvalue weighted by Gasteiger charge is 2.71. The number of hydrogen-bond acceptors (Lipinski definition) is 4. The average Bonchev–Trinajstić information content (AvgIpc) is 3.18. The van der Waals surface area contributed by atoms with Crippen molar-refractivity contribution in [2.24, 2.45) is 46.3 Å². The molecule has 0 aromatic carbocycles. The van der Waals surface area contributed by atoms with Crippen molar-refractivity contribution in [2.75, 3.05) is 6.61 Å². The minimum atomic E-state index is -0.467. The Bertz CT molecular complexity index is 851. The van der Waals surface area contributed by atoms with Crippen LogP contribution in [0.4, 0.5) is 0 Å². The molecular formula is C27H38O4. The van der Waals surface area contributed by atoms with E-state index in [2.05, 4.69) is 27.7 Å². The molecule has 6 aliphatic rings. The first-order valence-electron chi connectivity index (χ1n) is 12.8. The molecule has 0 aromatic heterocycles. The van der Waals surface area contributed by atoms with E-state index >= 15 is 0 Å². The molecule has 2 aliphatic heterocycles. The zero-order valence-electron chi connectivity index (χ0n) is 19.6. The fourth-order valence-corrected chi connectivity index (χ4v) is 9.26. The molecule has 0 radical (unpaired) electrons. The van der Waals surface area contributed by atoms with Crippen LogP contribution in [0.15, 0.2) is 11.6 Å². The van der Waals surface area contributed by atoms with Crippen molar-refractivity contribution < 1.29 is 19.1 Å². The van der Waals surface area contributed by atoms with Gasteiger partial charge in [-0.2, -0.15) is 0 Å². The summed E-state index contributed by atoms with van der Waals surface area (Å²) in [5.41, 5.74) is 1.07. The third-order valence-electron chi connectivity index (χ3n) is 11.1. The van der Waals surface area contributed by atoms with Crippen LogP contribution >= 0.6 is 0 Å². The zero-order valence-corrected chi connectivity index (χ0v) is 19.6. The Hall–Kier alpha value is -1.00. The van der Waals surface area contributed by atoms with Crippen LogP contribution in [0.1, 0.15) is 79.1 Å². The van der Waals surface area contributed by atoms with Gasteiger partial charge in [0.05, 0.1) is 12.7 Å². The number of carbonyl (C=O) groups is 2. The summed E-state index contributed by atoms with van der Waals surface area (Å²) in [6.07, 6.45) is 9.59. The first-order chi connectivity index (χ1) is 14.7. The van der Waals surface area contributed by atoms with Gasteiger partial charge in [0.15, 0.2) is 11.6 Å². The van der Waals surface area contributed by atoms with Crippen LogP contribution in [0.5, 0.6) is 0 Å². The molecule has 1 spiro atoms. The van der Waals surface area contributed by atoms with E-state index in [0.717, 1.165) is 45.1 Å². The highest BCUT2D eigenvalue weighted by atomic mass is 16.7. The fourth-order valence-electron chi connectivity index (χ4n) is 9.26. The number of Topliss-reactive ketones (excluding diaryl/α,β-unsaturated/α-hetero) is 1. The lowest BCUT2D eigenvalue weighted by molar-refractivity contribution is -0.272.